The van der Waals surface area contributed by atoms with Gasteiger partial charge in [-0.2, -0.15) is 0 Å². The topological polar surface area (TPSA) is 80.9 Å². The fourth-order valence-corrected chi connectivity index (χ4v) is 4.95. The van der Waals surface area contributed by atoms with Crippen LogP contribution in [0.3, 0.4) is 0 Å². The van der Waals surface area contributed by atoms with Crippen LogP contribution in [-0.4, -0.2) is 39.5 Å². The van der Waals surface area contributed by atoms with E-state index in [-0.39, 0.29) is 46.9 Å². The van der Waals surface area contributed by atoms with Crippen LogP contribution < -0.4 is 9.47 Å². The fraction of sp³-hybridized carbons (Fsp3) is 0.464. The number of carbonyl (C=O) groups is 1. The fourth-order valence-electron chi connectivity index (χ4n) is 4.95. The van der Waals surface area contributed by atoms with Crippen molar-refractivity contribution in [1.82, 2.24) is 4.57 Å². The largest absolute Gasteiger partial charge is 0.586 e. The first-order chi connectivity index (χ1) is 19.0. The van der Waals surface area contributed by atoms with Crippen molar-refractivity contribution in [3.8, 4) is 11.5 Å². The molecular weight excluding hydrogens is 487 g/mol. The van der Waals surface area contributed by atoms with E-state index in [1.54, 1.807) is 13.0 Å². The van der Waals surface area contributed by atoms with Crippen molar-refractivity contribution >= 4 is 16.7 Å². The van der Waals surface area contributed by atoms with Gasteiger partial charge >= 0.3 is 6.29 Å². The second kappa shape index (κ2) is 8.77. The number of alkyl halides is 2. The molecule has 1 aliphatic heterocycles. The summed E-state index contributed by atoms with van der Waals surface area (Å²) in [6.45, 7) is -0.733. The molecule has 37 heavy (non-hydrogen) atoms. The van der Waals surface area contributed by atoms with Crippen molar-refractivity contribution < 1.29 is 43.1 Å². The van der Waals surface area contributed by atoms with Gasteiger partial charge in [-0.25, -0.2) is 4.39 Å². The van der Waals surface area contributed by atoms with Crippen LogP contribution in [0.25, 0.3) is 10.9 Å². The summed E-state index contributed by atoms with van der Waals surface area (Å²) >= 11 is 0. The number of fused-ring (bicyclic) bond motifs is 2. The molecular formula is C28H30F3NO5. The van der Waals surface area contributed by atoms with Gasteiger partial charge in [0.05, 0.1) is 31.5 Å². The van der Waals surface area contributed by atoms with Gasteiger partial charge in [-0.1, -0.05) is 26.8 Å². The van der Waals surface area contributed by atoms with Crippen LogP contribution in [0.4, 0.5) is 13.2 Å². The van der Waals surface area contributed by atoms with E-state index in [4.69, 9.17) is 5.48 Å². The normalized spacial score (nSPS) is 22.4. The van der Waals surface area contributed by atoms with Crippen LogP contribution in [0.15, 0.2) is 36.4 Å². The number of halogens is 3. The van der Waals surface area contributed by atoms with E-state index in [1.165, 1.54) is 35.8 Å². The number of aliphatic hydroxyl groups excluding tert-OH is 1. The van der Waals surface area contributed by atoms with Gasteiger partial charge in [-0.3, -0.25) is 4.79 Å². The SMILES string of the molecule is [2H]C([2H])([2H])C(C)(CC)c1cc2cc(CC(=O)C3(c4ccc5c(c4)OC(F)(F)O5)CC3)c(F)cc2n1C[C@]([2H])(O)CO. The van der Waals surface area contributed by atoms with E-state index in [0.29, 0.717) is 23.8 Å². The highest BCUT2D eigenvalue weighted by atomic mass is 19.3. The predicted molar refractivity (Wildman–Crippen MR) is 131 cm³/mol. The number of rotatable bonds is 9. The monoisotopic (exact) mass is 521 g/mol. The van der Waals surface area contributed by atoms with Gasteiger partial charge in [0.2, 0.25) is 0 Å². The number of Topliss-reactive ketones (excluding diaryl/α,β-unsaturated/α-hetero) is 1. The molecule has 2 heterocycles. The lowest BCUT2D eigenvalue weighted by Gasteiger charge is -2.26. The van der Waals surface area contributed by atoms with E-state index in [2.05, 4.69) is 9.47 Å². The van der Waals surface area contributed by atoms with E-state index in [1.807, 2.05) is 0 Å². The number of hydrogen-bond donors (Lipinski definition) is 2. The minimum Gasteiger partial charge on any atom is -0.395 e. The average Bonchev–Trinajstić information content (AvgIpc) is 3.54. The summed E-state index contributed by atoms with van der Waals surface area (Å²) < 4.78 is 85.2. The Labute approximate surface area is 218 Å². The molecule has 2 aromatic carbocycles. The molecule has 2 atom stereocenters. The Bertz CT molecular complexity index is 1530. The van der Waals surface area contributed by atoms with Crippen LogP contribution in [0.5, 0.6) is 11.5 Å². The predicted octanol–water partition coefficient (Wildman–Crippen LogP) is 4.99. The van der Waals surface area contributed by atoms with Crippen LogP contribution in [0, 0.1) is 5.82 Å². The standard InChI is InChI=1S/C28H30F3NO5/c1-4-26(2,3)24-10-17-9-16(20(29)13-21(17)32(24)14-19(34)15-33)11-25(35)27(7-8-27)18-5-6-22-23(12-18)37-28(30,31)36-22/h5-6,9-10,12-13,19,33-34H,4,7-8,11,14-15H2,1-3H3/t19-/m0/s1/i2D3,19D/t19-,26?. The summed E-state index contributed by atoms with van der Waals surface area (Å²) in [4.78, 5) is 13.5. The maximum Gasteiger partial charge on any atom is 0.586 e. The Hall–Kier alpha value is -3.04. The summed E-state index contributed by atoms with van der Waals surface area (Å²) in [6.07, 6.45) is -5.41. The molecule has 1 aromatic heterocycles. The molecule has 0 radical (unpaired) electrons. The molecule has 1 saturated carbocycles. The number of aliphatic hydroxyl groups is 2. The second-order valence-corrected chi connectivity index (χ2v) is 10.0. The minimum atomic E-state index is -3.80. The average molecular weight is 522 g/mol. The van der Waals surface area contributed by atoms with Gasteiger partial charge in [-0.05, 0) is 60.7 Å². The molecule has 198 valence electrons. The number of aromatic nitrogens is 1. The molecule has 6 nitrogen and oxygen atoms in total. The van der Waals surface area contributed by atoms with Crippen LogP contribution in [0.2, 0.25) is 0 Å². The molecule has 0 amide bonds. The minimum absolute atomic E-state index is 0.0557. The van der Waals surface area contributed by atoms with E-state index >= 15 is 4.39 Å². The summed E-state index contributed by atoms with van der Waals surface area (Å²) in [5.74, 6) is -1.39. The highest BCUT2D eigenvalue weighted by Gasteiger charge is 2.52. The van der Waals surface area contributed by atoms with E-state index < -0.39 is 49.0 Å². The highest BCUT2D eigenvalue weighted by Crippen LogP contribution is 2.52. The van der Waals surface area contributed by atoms with Crippen molar-refractivity contribution in [1.29, 1.82) is 0 Å². The molecule has 5 rings (SSSR count). The van der Waals surface area contributed by atoms with Gasteiger partial charge in [0.1, 0.15) is 11.6 Å². The third-order valence-corrected chi connectivity index (χ3v) is 7.45. The van der Waals surface area contributed by atoms with Crippen molar-refractivity contribution in [2.45, 2.75) is 76.1 Å². The molecule has 3 aromatic rings. The summed E-state index contributed by atoms with van der Waals surface area (Å²) in [7, 11) is 0. The summed E-state index contributed by atoms with van der Waals surface area (Å²) in [6, 6.07) is 8.30. The zero-order valence-corrected chi connectivity index (χ0v) is 20.4. The molecule has 1 fully saturated rings. The highest BCUT2D eigenvalue weighted by molar-refractivity contribution is 5.95. The van der Waals surface area contributed by atoms with Crippen LogP contribution >= 0.6 is 0 Å². The maximum absolute atomic E-state index is 15.5. The Morgan fingerprint density at radius 3 is 2.62 bits per heavy atom. The van der Waals surface area contributed by atoms with Crippen LogP contribution in [-0.2, 0) is 28.6 Å². The quantitative estimate of drug-likeness (QED) is 0.415. The van der Waals surface area contributed by atoms with Crippen molar-refractivity contribution in [3.05, 3.63) is 59.0 Å². The molecule has 2 N–H and O–H groups in total. The van der Waals surface area contributed by atoms with Crippen LogP contribution in [0.1, 0.15) is 62.3 Å². The first-order valence-electron chi connectivity index (χ1n) is 14.0. The Morgan fingerprint density at radius 1 is 1.24 bits per heavy atom. The Balaban J connectivity index is 1.52. The number of nitrogens with zero attached hydrogens (tertiary/aromatic N) is 1. The Morgan fingerprint density at radius 2 is 1.97 bits per heavy atom. The third kappa shape index (κ3) is 4.48. The Kier molecular flexibility index (Phi) is 4.97. The van der Waals surface area contributed by atoms with Crippen molar-refractivity contribution in [3.63, 3.8) is 0 Å². The molecule has 0 spiro atoms. The third-order valence-electron chi connectivity index (χ3n) is 7.45. The van der Waals surface area contributed by atoms with Gasteiger partial charge in [-0.15, -0.1) is 8.78 Å². The number of ether oxygens (including phenoxy) is 2. The molecule has 9 heteroatoms. The van der Waals surface area contributed by atoms with E-state index in [9.17, 15) is 23.8 Å². The molecule has 1 aliphatic carbocycles. The lowest BCUT2D eigenvalue weighted by molar-refractivity contribution is -0.286. The second-order valence-electron chi connectivity index (χ2n) is 10.0. The van der Waals surface area contributed by atoms with Gasteiger partial charge < -0.3 is 24.3 Å². The number of benzene rings is 2. The zero-order chi connectivity index (χ0) is 30.2. The van der Waals surface area contributed by atoms with Gasteiger partial charge in [0.25, 0.3) is 0 Å². The van der Waals surface area contributed by atoms with Gasteiger partial charge in [0.15, 0.2) is 11.5 Å². The molecule has 0 saturated heterocycles. The molecule has 2 aliphatic rings. The molecule has 0 bridgehead atoms. The number of ketones is 1. The lowest BCUT2D eigenvalue weighted by atomic mass is 9.86. The lowest BCUT2D eigenvalue weighted by Crippen LogP contribution is -2.26. The smallest absolute Gasteiger partial charge is 0.395 e. The summed E-state index contributed by atoms with van der Waals surface area (Å²) in [5.41, 5.74) is -1.46. The van der Waals surface area contributed by atoms with Crippen molar-refractivity contribution in [2.75, 3.05) is 6.61 Å². The number of hydrogen-bond acceptors (Lipinski definition) is 5. The zero-order valence-electron chi connectivity index (χ0n) is 24.4. The number of carbonyl (C=O) groups excluding carboxylic acids is 1. The first-order valence-corrected chi connectivity index (χ1v) is 12.0. The maximum atomic E-state index is 15.5. The van der Waals surface area contributed by atoms with Crippen molar-refractivity contribution in [2.24, 2.45) is 0 Å². The first kappa shape index (κ1) is 21.0. The van der Waals surface area contributed by atoms with Gasteiger partial charge in [0, 0.05) is 27.0 Å². The van der Waals surface area contributed by atoms with E-state index in [0.717, 1.165) is 6.07 Å². The molecule has 1 unspecified atom stereocenters. The summed E-state index contributed by atoms with van der Waals surface area (Å²) in [5, 5.41) is 20.2.